The van der Waals surface area contributed by atoms with E-state index in [2.05, 4.69) is 0 Å². The van der Waals surface area contributed by atoms with E-state index in [4.69, 9.17) is 23.6 Å². The Morgan fingerprint density at radius 1 is 1.33 bits per heavy atom. The molecule has 2 atom stereocenters. The molecule has 0 radical (unpaired) electrons. The van der Waals surface area contributed by atoms with Gasteiger partial charge in [0.1, 0.15) is 0 Å². The van der Waals surface area contributed by atoms with Crippen LogP contribution in [0.1, 0.15) is 39.5 Å². The number of aliphatic hydroxyl groups excluding tert-OH is 1. The van der Waals surface area contributed by atoms with Crippen molar-refractivity contribution in [2.75, 3.05) is 26.4 Å². The van der Waals surface area contributed by atoms with Crippen LogP contribution >= 0.6 is 7.60 Å². The average Bonchev–Trinajstić information content (AvgIpc) is 2.47. The average molecular weight is 322 g/mol. The zero-order chi connectivity index (χ0) is 15.6. The van der Waals surface area contributed by atoms with E-state index in [9.17, 15) is 4.57 Å². The number of aliphatic hydroxyl groups is 1. The molecule has 0 aromatic heterocycles. The summed E-state index contributed by atoms with van der Waals surface area (Å²) in [7, 11) is -3.23. The van der Waals surface area contributed by atoms with Crippen molar-refractivity contribution in [2.45, 2.75) is 51.9 Å². The topological polar surface area (TPSA) is 74.2 Å². The van der Waals surface area contributed by atoms with E-state index in [-0.39, 0.29) is 19.0 Å². The Bertz CT molecular complexity index is 330. The first-order valence-corrected chi connectivity index (χ1v) is 9.20. The molecule has 21 heavy (non-hydrogen) atoms. The second-order valence-electron chi connectivity index (χ2n) is 4.70. The van der Waals surface area contributed by atoms with Crippen LogP contribution in [0.5, 0.6) is 0 Å². The number of rotatable bonds is 10. The Morgan fingerprint density at radius 2 is 2.05 bits per heavy atom. The monoisotopic (exact) mass is 322 g/mol. The van der Waals surface area contributed by atoms with Gasteiger partial charge < -0.3 is 23.6 Å². The Balaban J connectivity index is 2.61. The van der Waals surface area contributed by atoms with Crippen molar-refractivity contribution in [3.63, 3.8) is 0 Å². The van der Waals surface area contributed by atoms with Crippen molar-refractivity contribution in [1.82, 2.24) is 0 Å². The van der Waals surface area contributed by atoms with E-state index < -0.39 is 7.60 Å². The molecule has 1 rings (SSSR count). The van der Waals surface area contributed by atoms with Crippen LogP contribution in [0.2, 0.25) is 0 Å². The summed E-state index contributed by atoms with van der Waals surface area (Å²) in [6, 6.07) is 0. The van der Waals surface area contributed by atoms with E-state index in [1.54, 1.807) is 19.9 Å². The summed E-state index contributed by atoms with van der Waals surface area (Å²) >= 11 is 0. The molecule has 0 spiro atoms. The largest absolute Gasteiger partial charge is 0.396 e. The lowest BCUT2D eigenvalue weighted by atomic mass is 10.2. The van der Waals surface area contributed by atoms with Crippen molar-refractivity contribution < 1.29 is 28.2 Å². The maximum atomic E-state index is 12.3. The van der Waals surface area contributed by atoms with Crippen LogP contribution in [-0.2, 0) is 23.1 Å². The Morgan fingerprint density at radius 3 is 2.57 bits per heavy atom. The molecule has 1 aliphatic heterocycles. The molecule has 0 unspecified atom stereocenters. The van der Waals surface area contributed by atoms with Gasteiger partial charge in [0.2, 0.25) is 0 Å². The second-order valence-corrected chi connectivity index (χ2v) is 6.59. The predicted octanol–water partition coefficient (Wildman–Crippen LogP) is 3.06. The first kappa shape index (κ1) is 18.8. The molecule has 6 nitrogen and oxygen atoms in total. The minimum absolute atomic E-state index is 0.0186. The summed E-state index contributed by atoms with van der Waals surface area (Å²) in [6.07, 6.45) is 4.37. The fourth-order valence-electron chi connectivity index (χ4n) is 2.03. The second kappa shape index (κ2) is 10.5. The molecular weight excluding hydrogens is 295 g/mol. The van der Waals surface area contributed by atoms with Crippen molar-refractivity contribution in [3.8, 4) is 0 Å². The molecule has 124 valence electrons. The summed E-state index contributed by atoms with van der Waals surface area (Å²) in [5, 5.41) is 9.12. The van der Waals surface area contributed by atoms with Gasteiger partial charge in [-0.15, -0.1) is 0 Å². The van der Waals surface area contributed by atoms with Crippen LogP contribution in [0.4, 0.5) is 0 Å². The van der Waals surface area contributed by atoms with Gasteiger partial charge in [-0.3, -0.25) is 4.57 Å². The van der Waals surface area contributed by atoms with Gasteiger partial charge in [-0.1, -0.05) is 0 Å². The molecule has 0 saturated carbocycles. The number of ether oxygens (including phenoxy) is 2. The lowest BCUT2D eigenvalue weighted by Crippen LogP contribution is -2.27. The van der Waals surface area contributed by atoms with Crippen molar-refractivity contribution in [3.05, 3.63) is 11.9 Å². The van der Waals surface area contributed by atoms with Gasteiger partial charge in [-0.25, -0.2) is 0 Å². The van der Waals surface area contributed by atoms with Crippen LogP contribution in [0.3, 0.4) is 0 Å². The fraction of sp³-hybridized carbons (Fsp3) is 0.857. The third-order valence-electron chi connectivity index (χ3n) is 2.98. The van der Waals surface area contributed by atoms with Crippen molar-refractivity contribution in [2.24, 2.45) is 0 Å². The van der Waals surface area contributed by atoms with E-state index in [0.717, 1.165) is 19.3 Å². The molecule has 0 aromatic rings. The molecular formula is C14H27O6P. The van der Waals surface area contributed by atoms with Gasteiger partial charge in [0.25, 0.3) is 0 Å². The van der Waals surface area contributed by atoms with Gasteiger partial charge in [0, 0.05) is 25.5 Å². The van der Waals surface area contributed by atoms with Gasteiger partial charge in [0.15, 0.2) is 6.29 Å². The summed E-state index contributed by atoms with van der Waals surface area (Å²) in [5.74, 6) is 1.42. The van der Waals surface area contributed by atoms with Gasteiger partial charge in [0.05, 0.1) is 19.3 Å². The van der Waals surface area contributed by atoms with Crippen LogP contribution in [0.25, 0.3) is 0 Å². The normalized spacial score (nSPS) is 21.8. The molecule has 1 fully saturated rings. The third-order valence-corrected chi connectivity index (χ3v) is 4.75. The standard InChI is InChI=1S/C14H27O6P/c1-3-18-21(16,19-4-2)12-9-13(8-10-15)20-14-7-5-6-11-17-14/h9,12-15H,3-8,10-11H2,1-2H3/t13-,14+/m1/s1. The Kier molecular flexibility index (Phi) is 9.40. The molecule has 1 N–H and O–H groups in total. The van der Waals surface area contributed by atoms with Gasteiger partial charge in [-0.05, 0) is 39.2 Å². The van der Waals surface area contributed by atoms with Crippen LogP contribution in [-0.4, -0.2) is 43.9 Å². The molecule has 1 heterocycles. The smallest absolute Gasteiger partial charge is 0.353 e. The van der Waals surface area contributed by atoms with E-state index in [1.165, 1.54) is 5.82 Å². The molecule has 0 aromatic carbocycles. The van der Waals surface area contributed by atoms with Crippen LogP contribution in [0.15, 0.2) is 11.9 Å². The Hall–Kier alpha value is -0.230. The molecule has 0 amide bonds. The lowest BCUT2D eigenvalue weighted by Gasteiger charge is -2.26. The van der Waals surface area contributed by atoms with Gasteiger partial charge in [-0.2, -0.15) is 0 Å². The van der Waals surface area contributed by atoms with E-state index >= 15 is 0 Å². The number of hydrogen-bond donors (Lipinski definition) is 1. The quantitative estimate of drug-likeness (QED) is 0.623. The Labute approximate surface area is 126 Å². The molecule has 1 saturated heterocycles. The SMILES string of the molecule is CCOP(=O)(C=C[C@@H](CCO)O[C@H]1CCCCO1)OCC. The van der Waals surface area contributed by atoms with E-state index in [0.29, 0.717) is 26.2 Å². The first-order valence-electron chi connectivity index (χ1n) is 7.59. The highest BCUT2D eigenvalue weighted by Gasteiger charge is 2.22. The minimum atomic E-state index is -3.23. The maximum absolute atomic E-state index is 12.3. The summed E-state index contributed by atoms with van der Waals surface area (Å²) in [5.41, 5.74) is 0. The van der Waals surface area contributed by atoms with Crippen LogP contribution in [0, 0.1) is 0 Å². The van der Waals surface area contributed by atoms with E-state index in [1.807, 2.05) is 0 Å². The molecule has 0 aliphatic carbocycles. The molecule has 7 heteroatoms. The summed E-state index contributed by atoms with van der Waals surface area (Å²) in [6.45, 7) is 4.80. The molecule has 1 aliphatic rings. The zero-order valence-corrected chi connectivity index (χ0v) is 13.8. The lowest BCUT2D eigenvalue weighted by molar-refractivity contribution is -0.180. The summed E-state index contributed by atoms with van der Waals surface area (Å²) < 4.78 is 34.0. The highest BCUT2D eigenvalue weighted by Crippen LogP contribution is 2.49. The summed E-state index contributed by atoms with van der Waals surface area (Å²) in [4.78, 5) is 0. The predicted molar refractivity (Wildman–Crippen MR) is 80.2 cm³/mol. The van der Waals surface area contributed by atoms with Crippen LogP contribution < -0.4 is 0 Å². The van der Waals surface area contributed by atoms with Crippen molar-refractivity contribution in [1.29, 1.82) is 0 Å². The molecule has 0 bridgehead atoms. The third kappa shape index (κ3) is 7.54. The van der Waals surface area contributed by atoms with Crippen molar-refractivity contribution >= 4 is 7.60 Å². The number of hydrogen-bond acceptors (Lipinski definition) is 6. The maximum Gasteiger partial charge on any atom is 0.353 e. The highest BCUT2D eigenvalue weighted by atomic mass is 31.2. The zero-order valence-electron chi connectivity index (χ0n) is 12.9. The van der Waals surface area contributed by atoms with Gasteiger partial charge >= 0.3 is 7.60 Å². The fourth-order valence-corrected chi connectivity index (χ4v) is 3.40. The first-order chi connectivity index (χ1) is 10.1. The minimum Gasteiger partial charge on any atom is -0.396 e. The highest BCUT2D eigenvalue weighted by molar-refractivity contribution is 7.57.